The molecule has 1 rings (SSSR count). The summed E-state index contributed by atoms with van der Waals surface area (Å²) in [5.74, 6) is -0.966. The molecule has 0 bridgehead atoms. The molecule has 0 atom stereocenters. The molecule has 122 valence electrons. The van der Waals surface area contributed by atoms with Crippen LogP contribution in [0.5, 0.6) is 0 Å². The number of esters is 1. The minimum atomic E-state index is -4.47. The van der Waals surface area contributed by atoms with Gasteiger partial charge in [0.05, 0.1) is 12.7 Å². The Morgan fingerprint density at radius 2 is 1.59 bits per heavy atom. The van der Waals surface area contributed by atoms with Crippen molar-refractivity contribution in [1.82, 2.24) is 0 Å². The third kappa shape index (κ3) is 4.19. The van der Waals surface area contributed by atoms with Gasteiger partial charge in [-0.05, 0) is 23.8 Å². The van der Waals surface area contributed by atoms with Gasteiger partial charge < -0.3 is 13.8 Å². The number of halogens is 3. The second-order valence-electron chi connectivity index (χ2n) is 4.00. The van der Waals surface area contributed by atoms with Crippen LogP contribution in [0.15, 0.2) is 29.6 Å². The van der Waals surface area contributed by atoms with Gasteiger partial charge in [-0.2, -0.15) is 13.2 Å². The van der Waals surface area contributed by atoms with Crippen LogP contribution in [0.1, 0.15) is 11.1 Å². The first kappa shape index (κ1) is 18.4. The third-order valence-electron chi connectivity index (χ3n) is 2.71. The number of benzene rings is 1. The molecule has 0 aromatic heterocycles. The number of hydrogen-bond donors (Lipinski definition) is 0. The lowest BCUT2D eigenvalue weighted by Crippen LogP contribution is -2.08. The highest BCUT2D eigenvalue weighted by Gasteiger charge is 2.34. The van der Waals surface area contributed by atoms with Crippen LogP contribution in [0.25, 0.3) is 6.08 Å². The monoisotopic (exact) mass is 338 g/mol. The molecule has 0 fully saturated rings. The van der Waals surface area contributed by atoms with Gasteiger partial charge in [-0.25, -0.2) is 4.79 Å². The minimum absolute atomic E-state index is 0.211. The molecule has 0 radical (unpaired) electrons. The Balaban J connectivity index is 3.29. The van der Waals surface area contributed by atoms with E-state index in [1.165, 1.54) is 0 Å². The molecule has 0 saturated carbocycles. The summed E-state index contributed by atoms with van der Waals surface area (Å²) in [7, 11) is -0.687. The van der Waals surface area contributed by atoms with E-state index >= 15 is 0 Å². The Kier molecular flexibility index (Phi) is 5.93. The summed E-state index contributed by atoms with van der Waals surface area (Å²) >= 11 is 0. The van der Waals surface area contributed by atoms with Gasteiger partial charge in [0.15, 0.2) is 0 Å². The largest absolute Gasteiger partial charge is 0.465 e. The van der Waals surface area contributed by atoms with Crippen LogP contribution in [-0.2, 0) is 29.3 Å². The smallest absolute Gasteiger partial charge is 0.416 e. The zero-order valence-electron chi connectivity index (χ0n) is 12.0. The van der Waals surface area contributed by atoms with Crippen LogP contribution in [0, 0.1) is 0 Å². The van der Waals surface area contributed by atoms with Crippen molar-refractivity contribution in [2.45, 2.75) is 6.18 Å². The fraction of sp³-hybridized carbons (Fsp3) is 0.308. The Hall–Kier alpha value is -1.63. The Bertz CT molecular complexity index is 599. The summed E-state index contributed by atoms with van der Waals surface area (Å²) in [5, 5.41) is -0.417. The summed E-state index contributed by atoms with van der Waals surface area (Å²) in [6.07, 6.45) is -3.37. The zero-order valence-corrected chi connectivity index (χ0v) is 12.9. The molecular formula is C13H14F3O5P. The summed E-state index contributed by atoms with van der Waals surface area (Å²) in [6.45, 7) is 0. The lowest BCUT2D eigenvalue weighted by molar-refractivity contribution is -0.137. The minimum Gasteiger partial charge on any atom is -0.465 e. The average Bonchev–Trinajstić information content (AvgIpc) is 2.50. The molecule has 1 aromatic rings. The van der Waals surface area contributed by atoms with E-state index in [1.807, 2.05) is 0 Å². The number of rotatable bonds is 5. The standard InChI is InChI=1S/C13H14F3O5P/c1-19-12(17)11(22(18,20-2)21-3)8-9-4-6-10(7-5-9)13(14,15)16/h4-8H,1-3H3/b11-8+. The van der Waals surface area contributed by atoms with Gasteiger partial charge in [0.2, 0.25) is 0 Å². The van der Waals surface area contributed by atoms with Crippen LogP contribution >= 0.6 is 7.60 Å². The molecule has 0 aliphatic rings. The average molecular weight is 338 g/mol. The van der Waals surface area contributed by atoms with E-state index in [9.17, 15) is 22.5 Å². The number of alkyl halides is 3. The lowest BCUT2D eigenvalue weighted by Gasteiger charge is -2.15. The van der Waals surface area contributed by atoms with Crippen molar-refractivity contribution in [2.75, 3.05) is 21.3 Å². The maximum atomic E-state index is 12.5. The molecule has 0 amide bonds. The van der Waals surface area contributed by atoms with E-state index in [4.69, 9.17) is 9.05 Å². The summed E-state index contributed by atoms with van der Waals surface area (Å²) in [5.41, 5.74) is -0.631. The molecule has 0 saturated heterocycles. The van der Waals surface area contributed by atoms with Crippen molar-refractivity contribution >= 4 is 19.6 Å². The lowest BCUT2D eigenvalue weighted by atomic mass is 10.1. The zero-order chi connectivity index (χ0) is 17.0. The Morgan fingerprint density at radius 1 is 1.09 bits per heavy atom. The highest BCUT2D eigenvalue weighted by atomic mass is 31.2. The van der Waals surface area contributed by atoms with E-state index in [2.05, 4.69) is 4.74 Å². The van der Waals surface area contributed by atoms with Gasteiger partial charge in [-0.3, -0.25) is 4.57 Å². The molecule has 0 spiro atoms. The van der Waals surface area contributed by atoms with Gasteiger partial charge in [-0.15, -0.1) is 0 Å². The normalized spacial score (nSPS) is 13.1. The number of carbonyl (C=O) groups excluding carboxylic acids is 1. The highest BCUT2D eigenvalue weighted by molar-refractivity contribution is 7.60. The molecule has 0 aliphatic heterocycles. The summed E-state index contributed by atoms with van der Waals surface area (Å²) < 4.78 is 63.7. The number of methoxy groups -OCH3 is 1. The quantitative estimate of drug-likeness (QED) is 0.465. The molecule has 0 N–H and O–H groups in total. The van der Waals surface area contributed by atoms with E-state index < -0.39 is 30.6 Å². The Labute approximate surface area is 125 Å². The first-order valence-electron chi connectivity index (χ1n) is 5.87. The molecule has 1 aromatic carbocycles. The number of hydrogen-bond acceptors (Lipinski definition) is 5. The van der Waals surface area contributed by atoms with E-state index in [0.717, 1.165) is 51.7 Å². The Morgan fingerprint density at radius 3 is 1.95 bits per heavy atom. The van der Waals surface area contributed by atoms with Crippen molar-refractivity contribution in [3.8, 4) is 0 Å². The molecule has 5 nitrogen and oxygen atoms in total. The van der Waals surface area contributed by atoms with Crippen LogP contribution in [0.3, 0.4) is 0 Å². The van der Waals surface area contributed by atoms with E-state index in [0.29, 0.717) is 0 Å². The predicted molar refractivity (Wildman–Crippen MR) is 73.1 cm³/mol. The summed E-state index contributed by atoms with van der Waals surface area (Å²) in [4.78, 5) is 11.7. The van der Waals surface area contributed by atoms with Gasteiger partial charge in [0.25, 0.3) is 0 Å². The van der Waals surface area contributed by atoms with Crippen LogP contribution in [-0.4, -0.2) is 27.3 Å². The van der Waals surface area contributed by atoms with Crippen molar-refractivity contribution in [2.24, 2.45) is 0 Å². The molecule has 0 unspecified atom stereocenters. The van der Waals surface area contributed by atoms with Gasteiger partial charge in [0, 0.05) is 14.2 Å². The van der Waals surface area contributed by atoms with Gasteiger partial charge >= 0.3 is 19.7 Å². The molecular weight excluding hydrogens is 324 g/mol. The molecule has 22 heavy (non-hydrogen) atoms. The topological polar surface area (TPSA) is 61.8 Å². The number of ether oxygens (including phenoxy) is 1. The van der Waals surface area contributed by atoms with Crippen molar-refractivity contribution in [3.63, 3.8) is 0 Å². The van der Waals surface area contributed by atoms with Crippen LogP contribution in [0.2, 0.25) is 0 Å². The van der Waals surface area contributed by atoms with Gasteiger partial charge in [0.1, 0.15) is 5.31 Å². The maximum Gasteiger partial charge on any atom is 0.416 e. The fourth-order valence-corrected chi connectivity index (χ4v) is 2.72. The van der Waals surface area contributed by atoms with Crippen molar-refractivity contribution in [3.05, 3.63) is 40.7 Å². The number of carbonyl (C=O) groups is 1. The SMILES string of the molecule is COC(=O)/C(=C\c1ccc(C(F)(F)F)cc1)P(=O)(OC)OC. The first-order valence-corrected chi connectivity index (χ1v) is 7.41. The second kappa shape index (κ2) is 7.09. The third-order valence-corrected chi connectivity index (χ3v) is 4.57. The van der Waals surface area contributed by atoms with Crippen molar-refractivity contribution in [1.29, 1.82) is 0 Å². The van der Waals surface area contributed by atoms with E-state index in [1.54, 1.807) is 0 Å². The maximum absolute atomic E-state index is 12.5. The van der Waals surface area contributed by atoms with Crippen LogP contribution < -0.4 is 0 Å². The molecule has 9 heteroatoms. The second-order valence-corrected chi connectivity index (χ2v) is 6.21. The summed E-state index contributed by atoms with van der Waals surface area (Å²) in [6, 6.07) is 3.93. The highest BCUT2D eigenvalue weighted by Crippen LogP contribution is 2.55. The first-order chi connectivity index (χ1) is 10.2. The molecule has 0 aliphatic carbocycles. The fourth-order valence-electron chi connectivity index (χ4n) is 1.55. The van der Waals surface area contributed by atoms with Crippen LogP contribution in [0.4, 0.5) is 13.2 Å². The molecule has 0 heterocycles. The van der Waals surface area contributed by atoms with E-state index in [-0.39, 0.29) is 5.56 Å². The van der Waals surface area contributed by atoms with Gasteiger partial charge in [-0.1, -0.05) is 12.1 Å². The predicted octanol–water partition coefficient (Wildman–Crippen LogP) is 3.71. The van der Waals surface area contributed by atoms with Crippen molar-refractivity contribution < 1.29 is 36.3 Å².